The molecule has 0 aromatic rings. The molecule has 0 atom stereocenters. The highest BCUT2D eigenvalue weighted by atomic mass is 15.1. The zero-order valence-corrected chi connectivity index (χ0v) is 4.09. The molecule has 1 fully saturated rings. The SMILES string of the molecule is N=[N+]=NCC1CC1. The summed E-state index contributed by atoms with van der Waals surface area (Å²) in [4.78, 5) is 2.89. The fraction of sp³-hybridized carbons (Fsp3) is 1.00. The molecule has 0 saturated heterocycles. The molecule has 3 nitrogen and oxygen atoms in total. The minimum absolute atomic E-state index is 0.772. The van der Waals surface area contributed by atoms with Crippen molar-refractivity contribution in [1.29, 1.82) is 5.53 Å². The van der Waals surface area contributed by atoms with Gasteiger partial charge in [0, 0.05) is 0 Å². The van der Waals surface area contributed by atoms with E-state index in [1.165, 1.54) is 12.8 Å². The van der Waals surface area contributed by atoms with Gasteiger partial charge in [0.05, 0.1) is 0 Å². The molecule has 1 N–H and O–H groups in total. The average molecular weight is 98.1 g/mol. The molecule has 0 bridgehead atoms. The molecule has 1 rings (SSSR count). The third kappa shape index (κ3) is 1.46. The topological polar surface area (TPSA) is 50.3 Å². The van der Waals surface area contributed by atoms with Crippen molar-refractivity contribution in [3.8, 4) is 0 Å². The minimum Gasteiger partial charge on any atom is -0.0481 e. The van der Waals surface area contributed by atoms with E-state index in [9.17, 15) is 0 Å². The van der Waals surface area contributed by atoms with Crippen LogP contribution < -0.4 is 4.91 Å². The summed E-state index contributed by atoms with van der Waals surface area (Å²) < 4.78 is 0. The number of hydrogen-bond donors (Lipinski definition) is 1. The molecule has 0 spiro atoms. The van der Waals surface area contributed by atoms with Crippen molar-refractivity contribution in [3.05, 3.63) is 0 Å². The van der Waals surface area contributed by atoms with Crippen molar-refractivity contribution in [2.75, 3.05) is 6.54 Å². The normalized spacial score (nSPS) is 18.3. The molecule has 0 aromatic carbocycles. The molecular weight excluding hydrogens is 90.1 g/mol. The smallest absolute Gasteiger partial charge is 0.0481 e. The van der Waals surface area contributed by atoms with E-state index in [-0.39, 0.29) is 0 Å². The maximum Gasteiger partial charge on any atom is 0.214 e. The van der Waals surface area contributed by atoms with Crippen molar-refractivity contribution in [2.24, 2.45) is 11.0 Å². The Morgan fingerprint density at radius 2 is 2.43 bits per heavy atom. The molecule has 3 heteroatoms. The zero-order chi connectivity index (χ0) is 5.11. The highest BCUT2D eigenvalue weighted by Crippen LogP contribution is 2.28. The summed E-state index contributed by atoms with van der Waals surface area (Å²) >= 11 is 0. The van der Waals surface area contributed by atoms with Crippen LogP contribution in [0.1, 0.15) is 12.8 Å². The predicted octanol–water partition coefficient (Wildman–Crippen LogP) is 0.947. The molecule has 0 aromatic heterocycles. The van der Waals surface area contributed by atoms with E-state index in [2.05, 4.69) is 10.0 Å². The molecule has 38 valence electrons. The maximum absolute atomic E-state index is 6.28. The highest BCUT2D eigenvalue weighted by molar-refractivity contribution is 4.73. The second-order valence-corrected chi connectivity index (χ2v) is 1.87. The lowest BCUT2D eigenvalue weighted by molar-refractivity contribution is 0.766. The van der Waals surface area contributed by atoms with Crippen LogP contribution in [0, 0.1) is 11.4 Å². The summed E-state index contributed by atoms with van der Waals surface area (Å²) in [5.41, 5.74) is 6.28. The van der Waals surface area contributed by atoms with Gasteiger partial charge in [-0.25, -0.2) is 0 Å². The molecule has 1 saturated carbocycles. The van der Waals surface area contributed by atoms with E-state index in [1.807, 2.05) is 0 Å². The van der Waals surface area contributed by atoms with E-state index in [1.54, 1.807) is 0 Å². The van der Waals surface area contributed by atoms with Gasteiger partial charge in [-0.05, 0) is 18.8 Å². The van der Waals surface area contributed by atoms with Gasteiger partial charge in [0.25, 0.3) is 0 Å². The molecule has 0 amide bonds. The quantitative estimate of drug-likeness (QED) is 0.395. The maximum atomic E-state index is 6.28. The third-order valence-corrected chi connectivity index (χ3v) is 1.11. The molecule has 1 aliphatic carbocycles. The van der Waals surface area contributed by atoms with Gasteiger partial charge >= 0.3 is 0 Å². The number of nitrogens with zero attached hydrogens (tertiary/aromatic N) is 2. The summed E-state index contributed by atoms with van der Waals surface area (Å²) in [6.07, 6.45) is 2.58. The molecule has 0 radical (unpaired) electrons. The van der Waals surface area contributed by atoms with Crippen LogP contribution in [0.25, 0.3) is 0 Å². The van der Waals surface area contributed by atoms with E-state index >= 15 is 0 Å². The largest absolute Gasteiger partial charge is 0.214 e. The van der Waals surface area contributed by atoms with Crippen molar-refractivity contribution < 1.29 is 0 Å². The summed E-state index contributed by atoms with van der Waals surface area (Å²) in [6, 6.07) is 0. The molecule has 0 unspecified atom stereocenters. The van der Waals surface area contributed by atoms with Crippen LogP contribution in [-0.2, 0) is 0 Å². The highest BCUT2D eigenvalue weighted by Gasteiger charge is 2.22. The van der Waals surface area contributed by atoms with Gasteiger partial charge < -0.3 is 0 Å². The Kier molecular flexibility index (Phi) is 1.18. The fourth-order valence-electron chi connectivity index (χ4n) is 0.457. The van der Waals surface area contributed by atoms with Crippen LogP contribution in [-0.4, -0.2) is 6.54 Å². The van der Waals surface area contributed by atoms with Crippen LogP contribution in [0.5, 0.6) is 0 Å². The van der Waals surface area contributed by atoms with Gasteiger partial charge in [-0.2, -0.15) is 0 Å². The van der Waals surface area contributed by atoms with Crippen molar-refractivity contribution in [2.45, 2.75) is 12.8 Å². The molecule has 0 heterocycles. The predicted molar refractivity (Wildman–Crippen MR) is 24.9 cm³/mol. The first-order valence-corrected chi connectivity index (χ1v) is 2.46. The Bertz CT molecular complexity index is 99.5. The van der Waals surface area contributed by atoms with Crippen molar-refractivity contribution >= 4 is 0 Å². The van der Waals surface area contributed by atoms with Gasteiger partial charge in [0.15, 0.2) is 0 Å². The van der Waals surface area contributed by atoms with Gasteiger partial charge in [0.1, 0.15) is 17.2 Å². The van der Waals surface area contributed by atoms with E-state index in [0.717, 1.165) is 12.5 Å². The Labute approximate surface area is 42.0 Å². The zero-order valence-electron chi connectivity index (χ0n) is 4.09. The van der Waals surface area contributed by atoms with Gasteiger partial charge in [0.2, 0.25) is 4.91 Å². The van der Waals surface area contributed by atoms with Crippen molar-refractivity contribution in [1.82, 2.24) is 4.91 Å². The summed E-state index contributed by atoms with van der Waals surface area (Å²) in [5, 5.41) is 3.53. The Hall–Kier alpha value is -0.690. The molecule has 7 heavy (non-hydrogen) atoms. The lowest BCUT2D eigenvalue weighted by atomic mass is 10.4. The van der Waals surface area contributed by atoms with Crippen LogP contribution >= 0.6 is 0 Å². The number of hydrogen-bond acceptors (Lipinski definition) is 2. The van der Waals surface area contributed by atoms with Crippen molar-refractivity contribution in [3.63, 3.8) is 0 Å². The first-order valence-electron chi connectivity index (χ1n) is 2.46. The first-order chi connectivity index (χ1) is 3.43. The molecule has 0 aliphatic heterocycles. The molecular formula is C4H8N3+. The summed E-state index contributed by atoms with van der Waals surface area (Å²) in [5.74, 6) is 0.772. The average Bonchev–Trinajstić information content (AvgIpc) is 2.42. The van der Waals surface area contributed by atoms with E-state index < -0.39 is 0 Å². The van der Waals surface area contributed by atoms with Gasteiger partial charge in [-0.1, -0.05) is 0 Å². The van der Waals surface area contributed by atoms with Gasteiger partial charge in [-0.3, -0.25) is 0 Å². The second-order valence-electron chi connectivity index (χ2n) is 1.87. The molecule has 1 aliphatic rings. The number of rotatable bonds is 2. The summed E-state index contributed by atoms with van der Waals surface area (Å²) in [6.45, 7) is 0.781. The Morgan fingerprint density at radius 1 is 1.71 bits per heavy atom. The first kappa shape index (κ1) is 4.47. The summed E-state index contributed by atoms with van der Waals surface area (Å²) in [7, 11) is 0. The fourth-order valence-corrected chi connectivity index (χ4v) is 0.457. The lowest BCUT2D eigenvalue weighted by Crippen LogP contribution is -1.78. The Morgan fingerprint density at radius 3 is 2.86 bits per heavy atom. The minimum atomic E-state index is 0.772. The van der Waals surface area contributed by atoms with Crippen LogP contribution in [0.3, 0.4) is 0 Å². The Balaban J connectivity index is 2.09. The monoisotopic (exact) mass is 98.1 g/mol. The van der Waals surface area contributed by atoms with Crippen LogP contribution in [0.2, 0.25) is 0 Å². The van der Waals surface area contributed by atoms with E-state index in [4.69, 9.17) is 5.53 Å². The van der Waals surface area contributed by atoms with Crippen LogP contribution in [0.15, 0.2) is 5.11 Å². The lowest BCUT2D eigenvalue weighted by Gasteiger charge is -1.67. The van der Waals surface area contributed by atoms with Crippen LogP contribution in [0.4, 0.5) is 0 Å². The van der Waals surface area contributed by atoms with E-state index in [0.29, 0.717) is 0 Å². The second kappa shape index (κ2) is 1.85. The standard InChI is InChI=1S/C4H8N3/c5-7-6-3-4-1-2-4/h4-5H,1-3H2/q+1. The number of nitrogens with one attached hydrogen (secondary N) is 1. The van der Waals surface area contributed by atoms with Gasteiger partial charge in [-0.15, -0.1) is 0 Å². The third-order valence-electron chi connectivity index (χ3n) is 1.11.